The van der Waals surface area contributed by atoms with E-state index in [1.807, 2.05) is 4.57 Å². The first-order valence-corrected chi connectivity index (χ1v) is 15.3. The van der Waals surface area contributed by atoms with Gasteiger partial charge in [-0.25, -0.2) is 27.0 Å². The summed E-state index contributed by atoms with van der Waals surface area (Å²) < 4.78 is 59.1. The average Bonchev–Trinajstić information content (AvgIpc) is 3.48. The minimum atomic E-state index is -3.53. The number of benzene rings is 3. The Morgan fingerprint density at radius 2 is 1.67 bits per heavy atom. The van der Waals surface area contributed by atoms with Gasteiger partial charge in [-0.2, -0.15) is 0 Å². The number of carboxylic acid groups (broad SMARTS) is 1. The fourth-order valence-corrected chi connectivity index (χ4v) is 4.97. The second kappa shape index (κ2) is 13.7. The summed E-state index contributed by atoms with van der Waals surface area (Å²) in [6.07, 6.45) is 5.26. The maximum Gasteiger partial charge on any atom is 0.326 e. The molecule has 0 fully saturated rings. The third kappa shape index (κ3) is 8.55. The molecule has 9 nitrogen and oxygen atoms in total. The number of hydrogen-bond donors (Lipinski definition) is 2. The van der Waals surface area contributed by atoms with Crippen LogP contribution in [0.25, 0.3) is 11.1 Å². The quantitative estimate of drug-likeness (QED) is 0.223. The number of sulfone groups is 1. The molecule has 12 heteroatoms. The second-order valence-corrected chi connectivity index (χ2v) is 12.7. The Kier molecular flexibility index (Phi) is 10.0. The highest BCUT2D eigenvalue weighted by Gasteiger charge is 2.28. The van der Waals surface area contributed by atoms with Crippen LogP contribution in [0.1, 0.15) is 40.9 Å². The first kappa shape index (κ1) is 31.5. The number of carboxylic acids is 1. The molecule has 2 unspecified atom stereocenters. The average molecular weight is 612 g/mol. The molecule has 0 saturated heterocycles. The van der Waals surface area contributed by atoms with Crippen molar-refractivity contribution in [1.82, 2.24) is 14.9 Å². The Labute approximate surface area is 248 Å². The van der Waals surface area contributed by atoms with Crippen LogP contribution in [0.15, 0.2) is 85.5 Å². The molecule has 4 aromatic rings. The fraction of sp³-hybridized carbons (Fsp3) is 0.258. The molecule has 4 rings (SSSR count). The molecule has 0 saturated carbocycles. The Morgan fingerprint density at radius 3 is 2.26 bits per heavy atom. The van der Waals surface area contributed by atoms with Gasteiger partial charge in [-0.15, -0.1) is 0 Å². The molecule has 0 radical (unpaired) electrons. The molecule has 1 amide bonds. The monoisotopic (exact) mass is 611 g/mol. The molecule has 226 valence electrons. The van der Waals surface area contributed by atoms with Crippen molar-refractivity contribution in [2.75, 3.05) is 6.26 Å². The lowest BCUT2D eigenvalue weighted by molar-refractivity contribution is -0.139. The predicted molar refractivity (Wildman–Crippen MR) is 156 cm³/mol. The van der Waals surface area contributed by atoms with Gasteiger partial charge in [-0.1, -0.05) is 30.3 Å². The summed E-state index contributed by atoms with van der Waals surface area (Å²) in [5, 5.41) is 11.1. The first-order valence-electron chi connectivity index (χ1n) is 13.3. The van der Waals surface area contributed by atoms with Crippen molar-refractivity contribution >= 4 is 21.7 Å². The summed E-state index contributed by atoms with van der Waals surface area (Å²) in [5.41, 5.74) is 2.41. The minimum Gasteiger partial charge on any atom is -0.480 e. The summed E-state index contributed by atoms with van der Waals surface area (Å²) in [5.74, 6) is -2.96. The van der Waals surface area contributed by atoms with Gasteiger partial charge in [0, 0.05) is 24.2 Å². The molecule has 43 heavy (non-hydrogen) atoms. The van der Waals surface area contributed by atoms with Crippen LogP contribution in [0.3, 0.4) is 0 Å². The van der Waals surface area contributed by atoms with E-state index in [9.17, 15) is 31.9 Å². The third-order valence-electron chi connectivity index (χ3n) is 7.01. The number of hydrogen-bond acceptors (Lipinski definition) is 6. The zero-order valence-corrected chi connectivity index (χ0v) is 24.3. The van der Waals surface area contributed by atoms with Crippen molar-refractivity contribution in [3.63, 3.8) is 0 Å². The number of rotatable bonds is 13. The highest BCUT2D eigenvalue weighted by atomic mass is 32.2. The van der Waals surface area contributed by atoms with Crippen LogP contribution in [0.4, 0.5) is 8.78 Å². The molecular weight excluding hydrogens is 580 g/mol. The number of carbonyl (C=O) groups is 2. The van der Waals surface area contributed by atoms with Gasteiger partial charge in [0.25, 0.3) is 5.91 Å². The highest BCUT2D eigenvalue weighted by Crippen LogP contribution is 2.28. The van der Waals surface area contributed by atoms with E-state index in [-0.39, 0.29) is 24.4 Å². The second-order valence-electron chi connectivity index (χ2n) is 10.2. The van der Waals surface area contributed by atoms with E-state index in [0.717, 1.165) is 11.8 Å². The number of aromatic nitrogens is 2. The van der Waals surface area contributed by atoms with Crippen molar-refractivity contribution in [3.05, 3.63) is 114 Å². The number of carbonyl (C=O) groups excluding carboxylic acids is 1. The molecule has 0 aliphatic carbocycles. The van der Waals surface area contributed by atoms with Crippen molar-refractivity contribution in [1.29, 1.82) is 0 Å². The standard InChI is InChI=1S/C31H31F2N3O6S/c1-20(43(2,40)41)15-28(31(38)39)35-30(37)26-12-3-21(16-27(26)22-4-8-24(32)9-5-22)18-42-29(17-36-14-13-34-19-36)23-6-10-25(33)11-7-23/h3-14,16,19-20,28-29H,15,17-18H2,1-2H3,(H,35,37)(H,38,39)/t20?,28-,29?/m0/s1. The van der Waals surface area contributed by atoms with E-state index in [2.05, 4.69) is 10.3 Å². The van der Waals surface area contributed by atoms with Gasteiger partial charge >= 0.3 is 5.97 Å². The first-order chi connectivity index (χ1) is 20.4. The molecule has 3 atom stereocenters. The van der Waals surface area contributed by atoms with Gasteiger partial charge in [0.15, 0.2) is 0 Å². The molecule has 1 heterocycles. The van der Waals surface area contributed by atoms with E-state index < -0.39 is 44.9 Å². The van der Waals surface area contributed by atoms with Crippen LogP contribution in [-0.4, -0.2) is 52.5 Å². The summed E-state index contributed by atoms with van der Waals surface area (Å²) in [6, 6.07) is 14.8. The lowest BCUT2D eigenvalue weighted by atomic mass is 9.96. The Hall–Kier alpha value is -4.42. The van der Waals surface area contributed by atoms with Crippen molar-refractivity contribution in [2.24, 2.45) is 0 Å². The smallest absolute Gasteiger partial charge is 0.326 e. The van der Waals surface area contributed by atoms with Gasteiger partial charge in [-0.05, 0) is 72.0 Å². The predicted octanol–water partition coefficient (Wildman–Crippen LogP) is 4.79. The van der Waals surface area contributed by atoms with Gasteiger partial charge < -0.3 is 19.7 Å². The Morgan fingerprint density at radius 1 is 1.02 bits per heavy atom. The largest absolute Gasteiger partial charge is 0.480 e. The zero-order chi connectivity index (χ0) is 31.1. The Balaban J connectivity index is 1.62. The van der Waals surface area contributed by atoms with Gasteiger partial charge in [-0.3, -0.25) is 4.79 Å². The molecule has 0 spiro atoms. The van der Waals surface area contributed by atoms with Crippen molar-refractivity contribution in [2.45, 2.75) is 43.9 Å². The Bertz CT molecular complexity index is 1660. The number of ether oxygens (including phenoxy) is 1. The van der Waals surface area contributed by atoms with Crippen LogP contribution in [0, 0.1) is 11.6 Å². The summed E-state index contributed by atoms with van der Waals surface area (Å²) in [6.45, 7) is 1.87. The highest BCUT2D eigenvalue weighted by molar-refractivity contribution is 7.91. The fourth-order valence-electron chi connectivity index (χ4n) is 4.43. The lowest BCUT2D eigenvalue weighted by Crippen LogP contribution is -2.43. The third-order valence-corrected chi connectivity index (χ3v) is 8.67. The van der Waals surface area contributed by atoms with Crippen molar-refractivity contribution < 1.29 is 36.6 Å². The molecular formula is C31H31F2N3O6S. The number of nitrogens with one attached hydrogen (secondary N) is 1. The van der Waals surface area contributed by atoms with Crippen LogP contribution in [-0.2, 0) is 32.5 Å². The molecule has 0 aliphatic heterocycles. The number of imidazole rings is 1. The van der Waals surface area contributed by atoms with Crippen molar-refractivity contribution in [3.8, 4) is 11.1 Å². The summed E-state index contributed by atoms with van der Waals surface area (Å²) in [7, 11) is -3.53. The van der Waals surface area contributed by atoms with E-state index in [1.54, 1.807) is 43.0 Å². The zero-order valence-electron chi connectivity index (χ0n) is 23.5. The van der Waals surface area contributed by atoms with Crippen LogP contribution >= 0.6 is 0 Å². The van der Waals surface area contributed by atoms with Gasteiger partial charge in [0.05, 0.1) is 24.7 Å². The normalized spacial score (nSPS) is 13.7. The number of amides is 1. The van der Waals surface area contributed by atoms with E-state index in [1.165, 1.54) is 49.4 Å². The van der Waals surface area contributed by atoms with E-state index in [0.29, 0.717) is 23.2 Å². The molecule has 0 bridgehead atoms. The maximum atomic E-state index is 13.7. The number of halogens is 2. The van der Waals surface area contributed by atoms with Crippen LogP contribution in [0.2, 0.25) is 0 Å². The van der Waals surface area contributed by atoms with Gasteiger partial charge in [0.2, 0.25) is 0 Å². The lowest BCUT2D eigenvalue weighted by Gasteiger charge is -2.21. The molecule has 3 aromatic carbocycles. The topological polar surface area (TPSA) is 128 Å². The minimum absolute atomic E-state index is 0.0937. The van der Waals surface area contributed by atoms with Crippen LogP contribution in [0.5, 0.6) is 0 Å². The number of aliphatic carboxylic acids is 1. The summed E-state index contributed by atoms with van der Waals surface area (Å²) >= 11 is 0. The summed E-state index contributed by atoms with van der Waals surface area (Å²) in [4.78, 5) is 29.3. The molecule has 0 aliphatic rings. The number of nitrogens with zero attached hydrogens (tertiary/aromatic N) is 2. The molecule has 2 N–H and O–H groups in total. The van der Waals surface area contributed by atoms with E-state index >= 15 is 0 Å². The van der Waals surface area contributed by atoms with Crippen LogP contribution < -0.4 is 5.32 Å². The SMILES string of the molecule is CC(C[C@H](NC(=O)c1ccc(COC(Cn2ccnc2)c2ccc(F)cc2)cc1-c1ccc(F)cc1)C(=O)O)S(C)(=O)=O. The van der Waals surface area contributed by atoms with Gasteiger partial charge in [0.1, 0.15) is 33.6 Å². The van der Waals surface area contributed by atoms with E-state index in [4.69, 9.17) is 4.74 Å². The maximum absolute atomic E-state index is 13.7. The molecule has 1 aromatic heterocycles.